The van der Waals surface area contributed by atoms with E-state index in [9.17, 15) is 9.50 Å². The van der Waals surface area contributed by atoms with Gasteiger partial charge in [-0.15, -0.1) is 0 Å². The van der Waals surface area contributed by atoms with Gasteiger partial charge in [0.25, 0.3) is 0 Å². The predicted molar refractivity (Wildman–Crippen MR) is 68.8 cm³/mol. The van der Waals surface area contributed by atoms with E-state index >= 15 is 0 Å². The molecule has 1 unspecified atom stereocenters. The highest BCUT2D eigenvalue weighted by Gasteiger charge is 2.27. The van der Waals surface area contributed by atoms with Crippen LogP contribution in [0.25, 0.3) is 0 Å². The summed E-state index contributed by atoms with van der Waals surface area (Å²) in [5.41, 5.74) is 5.93. The van der Waals surface area contributed by atoms with Crippen molar-refractivity contribution in [2.24, 2.45) is 11.7 Å². The smallest absolute Gasteiger partial charge is 0.148 e. The van der Waals surface area contributed by atoms with Crippen molar-refractivity contribution in [3.63, 3.8) is 0 Å². The Balaban J connectivity index is 3.11. The minimum atomic E-state index is -0.879. The summed E-state index contributed by atoms with van der Waals surface area (Å²) in [4.78, 5) is 0. The summed E-state index contributed by atoms with van der Waals surface area (Å²) in [6.07, 6.45) is -0.111. The van der Waals surface area contributed by atoms with E-state index in [-0.39, 0.29) is 21.5 Å². The Morgan fingerprint density at radius 2 is 1.88 bits per heavy atom. The molecule has 1 aromatic carbocycles. The van der Waals surface area contributed by atoms with Crippen LogP contribution in [0.2, 0.25) is 10.0 Å². The highest BCUT2D eigenvalue weighted by atomic mass is 35.5. The normalized spacial score (nSPS) is 16.6. The van der Waals surface area contributed by atoms with Gasteiger partial charge in [0, 0.05) is 10.6 Å². The molecular formula is C12H16Cl2FNO. The first-order chi connectivity index (χ1) is 7.90. The molecule has 17 heavy (non-hydrogen) atoms. The Morgan fingerprint density at radius 1 is 1.35 bits per heavy atom. The molecule has 0 aliphatic heterocycles. The van der Waals surface area contributed by atoms with E-state index < -0.39 is 18.0 Å². The van der Waals surface area contributed by atoms with Gasteiger partial charge in [-0.3, -0.25) is 0 Å². The van der Waals surface area contributed by atoms with Gasteiger partial charge >= 0.3 is 0 Å². The molecule has 0 saturated heterocycles. The summed E-state index contributed by atoms with van der Waals surface area (Å²) in [6, 6.07) is 1.97. The van der Waals surface area contributed by atoms with Gasteiger partial charge in [-0.2, -0.15) is 0 Å². The van der Waals surface area contributed by atoms with Crippen LogP contribution in [0, 0.1) is 11.7 Å². The van der Waals surface area contributed by atoms with Crippen molar-refractivity contribution in [1.82, 2.24) is 0 Å². The van der Waals surface area contributed by atoms with Gasteiger partial charge < -0.3 is 10.8 Å². The highest BCUT2D eigenvalue weighted by Crippen LogP contribution is 2.32. The first kappa shape index (κ1) is 14.7. The van der Waals surface area contributed by atoms with Crippen LogP contribution in [-0.2, 0) is 0 Å². The maximum atomic E-state index is 13.8. The Labute approximate surface area is 111 Å². The molecule has 0 amide bonds. The van der Waals surface area contributed by atoms with Crippen molar-refractivity contribution in [3.8, 4) is 0 Å². The second kappa shape index (κ2) is 6.01. The molecule has 1 aromatic rings. The van der Waals surface area contributed by atoms with Crippen molar-refractivity contribution in [1.29, 1.82) is 0 Å². The number of aliphatic hydroxyl groups is 1. The first-order valence-electron chi connectivity index (χ1n) is 5.47. The fourth-order valence-electron chi connectivity index (χ4n) is 1.61. The first-order valence-corrected chi connectivity index (χ1v) is 6.22. The quantitative estimate of drug-likeness (QED) is 0.829. The Hall–Kier alpha value is -0.350. The summed E-state index contributed by atoms with van der Waals surface area (Å²) in [6.45, 7) is 3.78. The number of benzene rings is 1. The zero-order valence-corrected chi connectivity index (χ0v) is 11.3. The molecule has 0 heterocycles. The van der Waals surface area contributed by atoms with Crippen molar-refractivity contribution >= 4 is 23.2 Å². The third-order valence-corrected chi connectivity index (χ3v) is 3.63. The standard InChI is InChI=1S/C12H16Cl2FNO/c1-3-6(2)12(17)11(16)9-7(13)4-5-8(14)10(9)15/h4-6,11-12,17H,3,16H2,1-2H3/t6?,11-,12+/m1/s1. The fraction of sp³-hybridized carbons (Fsp3) is 0.500. The van der Waals surface area contributed by atoms with Gasteiger partial charge in [-0.05, 0) is 18.1 Å². The number of hydrogen-bond acceptors (Lipinski definition) is 2. The molecular weight excluding hydrogens is 264 g/mol. The van der Waals surface area contributed by atoms with Crippen LogP contribution in [0.3, 0.4) is 0 Å². The summed E-state index contributed by atoms with van der Waals surface area (Å²) < 4.78 is 13.8. The lowest BCUT2D eigenvalue weighted by molar-refractivity contribution is 0.0868. The maximum absolute atomic E-state index is 13.8. The molecule has 0 bridgehead atoms. The Kier molecular flexibility index (Phi) is 5.20. The lowest BCUT2D eigenvalue weighted by Crippen LogP contribution is -2.32. The maximum Gasteiger partial charge on any atom is 0.148 e. The van der Waals surface area contributed by atoms with Crippen LogP contribution in [0.5, 0.6) is 0 Å². The lowest BCUT2D eigenvalue weighted by atomic mass is 9.91. The van der Waals surface area contributed by atoms with Crippen LogP contribution >= 0.6 is 23.2 Å². The molecule has 0 aliphatic rings. The SMILES string of the molecule is CCC(C)[C@H](O)[C@H](N)c1c(Cl)ccc(Cl)c1F. The summed E-state index contributed by atoms with van der Waals surface area (Å²) in [5, 5.41) is 10.1. The topological polar surface area (TPSA) is 46.2 Å². The summed E-state index contributed by atoms with van der Waals surface area (Å²) >= 11 is 11.6. The van der Waals surface area contributed by atoms with Gasteiger partial charge in [0.2, 0.25) is 0 Å². The lowest BCUT2D eigenvalue weighted by Gasteiger charge is -2.25. The number of hydrogen-bond donors (Lipinski definition) is 2. The van der Waals surface area contributed by atoms with Gasteiger partial charge in [0.1, 0.15) is 5.82 Å². The zero-order chi connectivity index (χ0) is 13.2. The largest absolute Gasteiger partial charge is 0.391 e. The summed E-state index contributed by atoms with van der Waals surface area (Å²) in [5.74, 6) is -0.700. The molecule has 96 valence electrons. The third kappa shape index (κ3) is 3.10. The minimum absolute atomic E-state index is 0.0422. The molecule has 3 atom stereocenters. The molecule has 0 spiro atoms. The molecule has 2 nitrogen and oxygen atoms in total. The predicted octanol–water partition coefficient (Wildman–Crippen LogP) is 3.54. The average Bonchev–Trinajstić information content (AvgIpc) is 2.32. The van der Waals surface area contributed by atoms with E-state index in [0.29, 0.717) is 0 Å². The average molecular weight is 280 g/mol. The molecule has 1 rings (SSSR count). The van der Waals surface area contributed by atoms with E-state index in [1.807, 2.05) is 13.8 Å². The zero-order valence-electron chi connectivity index (χ0n) is 9.75. The molecule has 5 heteroatoms. The highest BCUT2D eigenvalue weighted by molar-refractivity contribution is 6.33. The van der Waals surface area contributed by atoms with Crippen molar-refractivity contribution in [3.05, 3.63) is 33.6 Å². The van der Waals surface area contributed by atoms with Gasteiger partial charge in [0.15, 0.2) is 0 Å². The second-order valence-corrected chi connectivity index (χ2v) is 4.97. The molecule has 0 saturated carbocycles. The van der Waals surface area contributed by atoms with Crippen LogP contribution in [0.15, 0.2) is 12.1 Å². The van der Waals surface area contributed by atoms with Crippen LogP contribution in [-0.4, -0.2) is 11.2 Å². The number of rotatable bonds is 4. The van der Waals surface area contributed by atoms with Gasteiger partial charge in [-0.25, -0.2) is 4.39 Å². The van der Waals surface area contributed by atoms with Crippen molar-refractivity contribution < 1.29 is 9.50 Å². The molecule has 0 aromatic heterocycles. The van der Waals surface area contributed by atoms with Crippen LogP contribution < -0.4 is 5.73 Å². The van der Waals surface area contributed by atoms with E-state index in [2.05, 4.69) is 0 Å². The third-order valence-electron chi connectivity index (χ3n) is 3.01. The van der Waals surface area contributed by atoms with Gasteiger partial charge in [0.05, 0.1) is 17.2 Å². The van der Waals surface area contributed by atoms with Crippen LogP contribution in [0.4, 0.5) is 4.39 Å². The Morgan fingerprint density at radius 3 is 2.41 bits per heavy atom. The Bertz CT molecular complexity index is 400. The van der Waals surface area contributed by atoms with E-state index in [1.165, 1.54) is 12.1 Å². The van der Waals surface area contributed by atoms with Crippen molar-refractivity contribution in [2.75, 3.05) is 0 Å². The minimum Gasteiger partial charge on any atom is -0.391 e. The molecule has 3 N–H and O–H groups in total. The van der Waals surface area contributed by atoms with E-state index in [4.69, 9.17) is 28.9 Å². The fourth-order valence-corrected chi connectivity index (χ4v) is 2.05. The van der Waals surface area contributed by atoms with E-state index in [0.717, 1.165) is 6.42 Å². The van der Waals surface area contributed by atoms with Crippen molar-refractivity contribution in [2.45, 2.75) is 32.4 Å². The summed E-state index contributed by atoms with van der Waals surface area (Å²) in [7, 11) is 0. The number of aliphatic hydroxyl groups excluding tert-OH is 1. The number of halogens is 3. The molecule has 0 aliphatic carbocycles. The van der Waals surface area contributed by atoms with E-state index in [1.54, 1.807) is 0 Å². The number of nitrogens with two attached hydrogens (primary N) is 1. The molecule has 0 radical (unpaired) electrons. The van der Waals surface area contributed by atoms with Crippen LogP contribution in [0.1, 0.15) is 31.9 Å². The monoisotopic (exact) mass is 279 g/mol. The molecule has 0 fully saturated rings. The second-order valence-electron chi connectivity index (χ2n) is 4.16. The van der Waals surface area contributed by atoms with Gasteiger partial charge in [-0.1, -0.05) is 43.5 Å².